The number of sulfonamides is 1. The van der Waals surface area contributed by atoms with Gasteiger partial charge in [0, 0.05) is 26.6 Å². The zero-order valence-electron chi connectivity index (χ0n) is 17.8. The second-order valence-electron chi connectivity index (χ2n) is 6.80. The Kier molecular flexibility index (Phi) is 9.66. The molecule has 1 aromatic rings. The van der Waals surface area contributed by atoms with Gasteiger partial charge in [-0.2, -0.15) is 0 Å². The predicted octanol–water partition coefficient (Wildman–Crippen LogP) is 1.75. The number of hydrogen-bond donors (Lipinski definition) is 0. The van der Waals surface area contributed by atoms with E-state index in [9.17, 15) is 27.2 Å². The maximum atomic E-state index is 13.0. The van der Waals surface area contributed by atoms with Gasteiger partial charge in [-0.25, -0.2) is 21.9 Å². The third-order valence-electron chi connectivity index (χ3n) is 4.52. The number of methoxy groups -OCH3 is 1. The van der Waals surface area contributed by atoms with Crippen molar-refractivity contribution in [2.75, 3.05) is 39.6 Å². The quantitative estimate of drug-likeness (QED) is 0.263. The van der Waals surface area contributed by atoms with Crippen LogP contribution in [0.15, 0.2) is 40.3 Å². The molecular weight excluding hydrogens is 463 g/mol. The van der Waals surface area contributed by atoms with Gasteiger partial charge in [0.1, 0.15) is 5.82 Å². The lowest BCUT2D eigenvalue weighted by atomic mass is 10.3. The van der Waals surface area contributed by atoms with E-state index >= 15 is 0 Å². The number of ether oxygens (including phenoxy) is 2. The molecule has 2 rings (SSSR count). The lowest BCUT2D eigenvalue weighted by Crippen LogP contribution is -2.28. The molecule has 1 amide bonds. The van der Waals surface area contributed by atoms with Crippen molar-refractivity contribution in [2.24, 2.45) is 0 Å². The molecule has 0 bridgehead atoms. The van der Waals surface area contributed by atoms with Gasteiger partial charge in [-0.15, -0.1) is 0 Å². The first-order chi connectivity index (χ1) is 15.1. The van der Waals surface area contributed by atoms with Crippen LogP contribution in [0.25, 0.3) is 0 Å². The molecule has 0 radical (unpaired) electrons. The molecule has 32 heavy (non-hydrogen) atoms. The molecule has 0 atom stereocenters. The molecule has 0 N–H and O–H groups in total. The Labute approximate surface area is 190 Å². The van der Waals surface area contributed by atoms with Crippen molar-refractivity contribution in [3.63, 3.8) is 0 Å². The van der Waals surface area contributed by atoms with E-state index in [4.69, 9.17) is 4.74 Å². The van der Waals surface area contributed by atoms with Crippen LogP contribution in [0.1, 0.15) is 19.3 Å². The summed E-state index contributed by atoms with van der Waals surface area (Å²) < 4.78 is 48.6. The SMILES string of the molecule is COC(=O)/C=C1/SCC(=O)N1CCCOC(=O)CCCN(C)S(=O)(=O)c1ccc(F)cc1. The van der Waals surface area contributed by atoms with Crippen LogP contribution in [0.4, 0.5) is 4.39 Å². The van der Waals surface area contributed by atoms with Gasteiger partial charge < -0.3 is 14.4 Å². The molecule has 0 aromatic heterocycles. The molecule has 1 aromatic carbocycles. The fraction of sp³-hybridized carbons (Fsp3) is 0.450. The van der Waals surface area contributed by atoms with E-state index in [2.05, 4.69) is 4.74 Å². The molecule has 0 aliphatic carbocycles. The third-order valence-corrected chi connectivity index (χ3v) is 7.41. The number of rotatable bonds is 11. The standard InChI is InChI=1S/C20H25FN2O7S2/c1-22(32(27,28)16-8-6-15(21)7-9-16)10-3-5-19(25)30-12-4-11-23-17(24)14-31-18(23)13-20(26)29-2/h6-9,13H,3-5,10-12,14H2,1-2H3/b18-13+. The highest BCUT2D eigenvalue weighted by molar-refractivity contribution is 8.04. The number of halogens is 1. The second kappa shape index (κ2) is 12.0. The van der Waals surface area contributed by atoms with Gasteiger partial charge >= 0.3 is 11.9 Å². The summed E-state index contributed by atoms with van der Waals surface area (Å²) in [6, 6.07) is 4.51. The maximum absolute atomic E-state index is 13.0. The highest BCUT2D eigenvalue weighted by atomic mass is 32.2. The first-order valence-electron chi connectivity index (χ1n) is 9.75. The average molecular weight is 489 g/mol. The molecule has 1 aliphatic rings. The molecule has 0 saturated carbocycles. The minimum Gasteiger partial charge on any atom is -0.466 e. The van der Waals surface area contributed by atoms with E-state index in [1.54, 1.807) is 0 Å². The number of amides is 1. The van der Waals surface area contributed by atoms with Gasteiger partial charge in [0.25, 0.3) is 0 Å². The Morgan fingerprint density at radius 1 is 1.25 bits per heavy atom. The van der Waals surface area contributed by atoms with Crippen LogP contribution >= 0.6 is 11.8 Å². The Balaban J connectivity index is 1.70. The first kappa shape index (κ1) is 25.8. The number of hydrogen-bond acceptors (Lipinski definition) is 8. The number of benzene rings is 1. The van der Waals surface area contributed by atoms with Crippen molar-refractivity contribution >= 4 is 39.6 Å². The van der Waals surface area contributed by atoms with Crippen molar-refractivity contribution in [2.45, 2.75) is 24.2 Å². The number of esters is 2. The Hall–Kier alpha value is -2.44. The maximum Gasteiger partial charge on any atom is 0.333 e. The van der Waals surface area contributed by atoms with Crippen LogP contribution in [0.3, 0.4) is 0 Å². The second-order valence-corrected chi connectivity index (χ2v) is 9.84. The number of nitrogens with zero attached hydrogens (tertiary/aromatic N) is 2. The fourth-order valence-electron chi connectivity index (χ4n) is 2.76. The molecule has 1 fully saturated rings. The number of thioether (sulfide) groups is 1. The fourth-order valence-corrected chi connectivity index (χ4v) is 4.93. The van der Waals surface area contributed by atoms with E-state index in [1.165, 1.54) is 49.0 Å². The summed E-state index contributed by atoms with van der Waals surface area (Å²) in [4.78, 5) is 36.6. The molecule has 1 saturated heterocycles. The minimum atomic E-state index is -3.77. The van der Waals surface area contributed by atoms with Crippen LogP contribution in [-0.2, 0) is 33.9 Å². The molecule has 1 aliphatic heterocycles. The van der Waals surface area contributed by atoms with E-state index in [-0.39, 0.29) is 42.5 Å². The van der Waals surface area contributed by atoms with E-state index in [0.717, 1.165) is 16.4 Å². The smallest absolute Gasteiger partial charge is 0.333 e. The van der Waals surface area contributed by atoms with E-state index < -0.39 is 27.8 Å². The normalized spacial score (nSPS) is 15.4. The molecule has 0 spiro atoms. The molecule has 12 heteroatoms. The number of carbonyl (C=O) groups excluding carboxylic acids is 3. The largest absolute Gasteiger partial charge is 0.466 e. The van der Waals surface area contributed by atoms with Gasteiger partial charge in [0.05, 0.1) is 35.5 Å². The summed E-state index contributed by atoms with van der Waals surface area (Å²) in [6.45, 7) is 0.471. The summed E-state index contributed by atoms with van der Waals surface area (Å²) in [5, 5.41) is 0.499. The van der Waals surface area contributed by atoms with Crippen molar-refractivity contribution < 1.29 is 36.7 Å². The molecule has 176 valence electrons. The minimum absolute atomic E-state index is 0.0231. The van der Waals surface area contributed by atoms with Crippen LogP contribution in [0.2, 0.25) is 0 Å². The summed E-state index contributed by atoms with van der Waals surface area (Å²) in [7, 11) is -1.13. The molecule has 0 unspecified atom stereocenters. The molecular formula is C20H25FN2O7S2. The predicted molar refractivity (Wildman–Crippen MR) is 115 cm³/mol. The van der Waals surface area contributed by atoms with Gasteiger partial charge in [0.15, 0.2) is 0 Å². The molecule has 9 nitrogen and oxygen atoms in total. The summed E-state index contributed by atoms with van der Waals surface area (Å²) in [5.74, 6) is -1.47. The van der Waals surface area contributed by atoms with Gasteiger partial charge in [0.2, 0.25) is 15.9 Å². The van der Waals surface area contributed by atoms with Crippen LogP contribution < -0.4 is 0 Å². The number of carbonyl (C=O) groups is 3. The highest BCUT2D eigenvalue weighted by Crippen LogP contribution is 2.28. The highest BCUT2D eigenvalue weighted by Gasteiger charge is 2.27. The van der Waals surface area contributed by atoms with Crippen molar-refractivity contribution in [3.05, 3.63) is 41.2 Å². The van der Waals surface area contributed by atoms with Gasteiger partial charge in [-0.3, -0.25) is 9.59 Å². The van der Waals surface area contributed by atoms with Crippen LogP contribution in [0, 0.1) is 5.82 Å². The lowest BCUT2D eigenvalue weighted by molar-refractivity contribution is -0.144. The van der Waals surface area contributed by atoms with Crippen molar-refractivity contribution in [1.29, 1.82) is 0 Å². The Morgan fingerprint density at radius 3 is 2.59 bits per heavy atom. The van der Waals surface area contributed by atoms with E-state index in [1.807, 2.05) is 0 Å². The topological polar surface area (TPSA) is 110 Å². The summed E-state index contributed by atoms with van der Waals surface area (Å²) >= 11 is 1.24. The lowest BCUT2D eigenvalue weighted by Gasteiger charge is -2.17. The van der Waals surface area contributed by atoms with Crippen LogP contribution in [0.5, 0.6) is 0 Å². The average Bonchev–Trinajstić information content (AvgIpc) is 3.10. The van der Waals surface area contributed by atoms with Gasteiger partial charge in [-0.1, -0.05) is 11.8 Å². The monoisotopic (exact) mass is 488 g/mol. The Bertz CT molecular complexity index is 965. The van der Waals surface area contributed by atoms with Gasteiger partial charge in [-0.05, 0) is 37.1 Å². The third kappa shape index (κ3) is 7.31. The molecule has 1 heterocycles. The zero-order chi connectivity index (χ0) is 23.7. The Morgan fingerprint density at radius 2 is 1.94 bits per heavy atom. The van der Waals surface area contributed by atoms with E-state index in [0.29, 0.717) is 18.0 Å². The first-order valence-corrected chi connectivity index (χ1v) is 12.2. The van der Waals surface area contributed by atoms with Crippen molar-refractivity contribution in [1.82, 2.24) is 9.21 Å². The van der Waals surface area contributed by atoms with Crippen LogP contribution in [-0.4, -0.2) is 75.1 Å². The zero-order valence-corrected chi connectivity index (χ0v) is 19.4. The summed E-state index contributed by atoms with van der Waals surface area (Å²) in [5.41, 5.74) is 0. The van der Waals surface area contributed by atoms with Crippen molar-refractivity contribution in [3.8, 4) is 0 Å². The summed E-state index contributed by atoms with van der Waals surface area (Å²) in [6.07, 6.45) is 1.91.